The van der Waals surface area contributed by atoms with E-state index in [4.69, 9.17) is 4.74 Å². The van der Waals surface area contributed by atoms with Crippen LogP contribution in [-0.2, 0) is 21.6 Å². The van der Waals surface area contributed by atoms with Crippen LogP contribution in [0.1, 0.15) is 38.3 Å². The lowest BCUT2D eigenvalue weighted by atomic mass is 9.87. The number of likely N-dealkylation sites (tertiary alicyclic amines) is 1. The Bertz CT molecular complexity index is 1030. The highest BCUT2D eigenvalue weighted by Crippen LogP contribution is 2.39. The fourth-order valence-electron chi connectivity index (χ4n) is 3.44. The first-order valence-electron chi connectivity index (χ1n) is 9.95. The lowest BCUT2D eigenvalue weighted by molar-refractivity contribution is -0.139. The number of nitrogens with zero attached hydrogens (tertiary/aromatic N) is 1. The van der Waals surface area contributed by atoms with Gasteiger partial charge < -0.3 is 9.64 Å². The third-order valence-corrected chi connectivity index (χ3v) is 6.61. The molecule has 0 radical (unpaired) electrons. The second kappa shape index (κ2) is 8.35. The van der Waals surface area contributed by atoms with E-state index in [9.17, 15) is 21.6 Å². The maximum Gasteiger partial charge on any atom is 0.419 e. The van der Waals surface area contributed by atoms with Gasteiger partial charge in [-0.3, -0.25) is 4.72 Å². The maximum absolute atomic E-state index is 13.4. The van der Waals surface area contributed by atoms with Crippen LogP contribution in [0.15, 0.2) is 47.4 Å². The average Bonchev–Trinajstić information content (AvgIpc) is 3.04. The summed E-state index contributed by atoms with van der Waals surface area (Å²) in [6, 6.07) is 9.46. The monoisotopic (exact) mass is 456 g/mol. The Morgan fingerprint density at radius 3 is 2.23 bits per heavy atom. The van der Waals surface area contributed by atoms with E-state index in [1.165, 1.54) is 12.1 Å². The molecule has 1 aliphatic rings. The molecule has 1 fully saturated rings. The van der Waals surface area contributed by atoms with Crippen molar-refractivity contribution >= 4 is 15.7 Å². The molecular weight excluding hydrogens is 429 g/mol. The van der Waals surface area contributed by atoms with E-state index in [1.807, 2.05) is 32.7 Å². The molecule has 9 heteroatoms. The standard InChI is InChI=1S/C22H27F3N2O3S/c1-21(2,3)15-5-8-18(9-6-15)31(28,29)26-16-7-10-19(22(23,24)25)20(13-16)30-17-11-12-27(4)14-17/h5-10,13,17,26H,11-12,14H2,1-4H3/t17-/m1/s1. The Labute approximate surface area is 181 Å². The number of likely N-dealkylation sites (N-methyl/N-ethyl adjacent to an activating group) is 1. The van der Waals surface area contributed by atoms with Crippen molar-refractivity contribution in [3.05, 3.63) is 53.6 Å². The Kier molecular flexibility index (Phi) is 6.30. The molecule has 0 aromatic heterocycles. The zero-order chi connectivity index (χ0) is 23.0. The molecule has 0 saturated carbocycles. The van der Waals surface area contributed by atoms with Crippen molar-refractivity contribution in [3.8, 4) is 5.75 Å². The quantitative estimate of drug-likeness (QED) is 0.696. The fraction of sp³-hybridized carbons (Fsp3) is 0.455. The molecule has 1 heterocycles. The summed E-state index contributed by atoms with van der Waals surface area (Å²) in [5, 5.41) is 0. The van der Waals surface area contributed by atoms with Gasteiger partial charge in [-0.05, 0) is 48.7 Å². The zero-order valence-electron chi connectivity index (χ0n) is 18.0. The molecule has 1 aliphatic heterocycles. The summed E-state index contributed by atoms with van der Waals surface area (Å²) in [6.07, 6.45) is -4.40. The van der Waals surface area contributed by atoms with Crippen LogP contribution in [0.5, 0.6) is 5.75 Å². The summed E-state index contributed by atoms with van der Waals surface area (Å²) < 4.78 is 73.8. The number of nitrogens with one attached hydrogen (secondary N) is 1. The van der Waals surface area contributed by atoms with Gasteiger partial charge in [0.2, 0.25) is 0 Å². The molecule has 1 saturated heterocycles. The van der Waals surface area contributed by atoms with Gasteiger partial charge >= 0.3 is 6.18 Å². The Morgan fingerprint density at radius 2 is 1.71 bits per heavy atom. The van der Waals surface area contributed by atoms with Crippen molar-refractivity contribution in [1.29, 1.82) is 0 Å². The number of rotatable bonds is 5. The molecule has 3 rings (SSSR count). The second-order valence-corrected chi connectivity index (χ2v) is 10.6. The molecule has 0 aliphatic carbocycles. The lowest BCUT2D eigenvalue weighted by Crippen LogP contribution is -2.23. The van der Waals surface area contributed by atoms with E-state index in [0.717, 1.165) is 30.3 Å². The van der Waals surface area contributed by atoms with Crippen LogP contribution in [-0.4, -0.2) is 39.6 Å². The fourth-order valence-corrected chi connectivity index (χ4v) is 4.49. The smallest absolute Gasteiger partial charge is 0.419 e. The van der Waals surface area contributed by atoms with Crippen LogP contribution in [0.25, 0.3) is 0 Å². The largest absolute Gasteiger partial charge is 0.488 e. The molecule has 0 amide bonds. The third-order valence-electron chi connectivity index (χ3n) is 5.21. The number of sulfonamides is 1. The minimum Gasteiger partial charge on any atom is -0.488 e. The minimum absolute atomic E-state index is 0.00856. The van der Waals surface area contributed by atoms with E-state index >= 15 is 0 Å². The topological polar surface area (TPSA) is 58.6 Å². The highest BCUT2D eigenvalue weighted by Gasteiger charge is 2.36. The van der Waals surface area contributed by atoms with Gasteiger partial charge in [-0.25, -0.2) is 8.42 Å². The zero-order valence-corrected chi connectivity index (χ0v) is 18.8. The summed E-state index contributed by atoms with van der Waals surface area (Å²) >= 11 is 0. The third kappa shape index (κ3) is 5.71. The summed E-state index contributed by atoms with van der Waals surface area (Å²) in [5.41, 5.74) is -0.0871. The second-order valence-electron chi connectivity index (χ2n) is 8.88. The van der Waals surface area contributed by atoms with Crippen LogP contribution < -0.4 is 9.46 Å². The predicted molar refractivity (Wildman–Crippen MR) is 114 cm³/mol. The van der Waals surface area contributed by atoms with E-state index in [2.05, 4.69) is 4.72 Å². The average molecular weight is 457 g/mol. The number of halogens is 3. The molecule has 0 bridgehead atoms. The number of ether oxygens (including phenoxy) is 1. The van der Waals surface area contributed by atoms with E-state index in [0.29, 0.717) is 13.0 Å². The normalized spacial score (nSPS) is 18.2. The number of anilines is 1. The number of hydrogen-bond acceptors (Lipinski definition) is 4. The van der Waals surface area contributed by atoms with E-state index in [-0.39, 0.29) is 27.9 Å². The molecule has 31 heavy (non-hydrogen) atoms. The van der Waals surface area contributed by atoms with Gasteiger partial charge in [0.1, 0.15) is 11.9 Å². The summed E-state index contributed by atoms with van der Waals surface area (Å²) in [7, 11) is -2.11. The lowest BCUT2D eigenvalue weighted by Gasteiger charge is -2.20. The SMILES string of the molecule is CN1CC[C@@H](Oc2cc(NS(=O)(=O)c3ccc(C(C)(C)C)cc3)ccc2C(F)(F)F)C1. The highest BCUT2D eigenvalue weighted by molar-refractivity contribution is 7.92. The van der Waals surface area contributed by atoms with Crippen molar-refractivity contribution in [2.45, 2.75) is 49.8 Å². The number of alkyl halides is 3. The van der Waals surface area contributed by atoms with Gasteiger partial charge in [0.25, 0.3) is 10.0 Å². The summed E-state index contributed by atoms with van der Waals surface area (Å²) in [6.45, 7) is 7.28. The Hall–Kier alpha value is -2.26. The highest BCUT2D eigenvalue weighted by atomic mass is 32.2. The van der Waals surface area contributed by atoms with Crippen LogP contribution >= 0.6 is 0 Å². The van der Waals surface area contributed by atoms with Crippen LogP contribution in [0.2, 0.25) is 0 Å². The van der Waals surface area contributed by atoms with Gasteiger partial charge in [0.15, 0.2) is 0 Å². The van der Waals surface area contributed by atoms with Crippen molar-refractivity contribution in [2.75, 3.05) is 24.9 Å². The molecule has 170 valence electrons. The van der Waals surface area contributed by atoms with Gasteiger partial charge in [-0.1, -0.05) is 32.9 Å². The molecule has 0 spiro atoms. The molecule has 5 nitrogen and oxygen atoms in total. The Morgan fingerprint density at radius 1 is 1.06 bits per heavy atom. The van der Waals surface area contributed by atoms with Gasteiger partial charge in [-0.2, -0.15) is 13.2 Å². The van der Waals surface area contributed by atoms with E-state index < -0.39 is 21.8 Å². The number of hydrogen-bond donors (Lipinski definition) is 1. The van der Waals surface area contributed by atoms with Crippen molar-refractivity contribution in [1.82, 2.24) is 4.90 Å². The first-order chi connectivity index (χ1) is 14.3. The van der Waals surface area contributed by atoms with Crippen LogP contribution in [0.4, 0.5) is 18.9 Å². The van der Waals surface area contributed by atoms with Crippen molar-refractivity contribution < 1.29 is 26.3 Å². The molecule has 2 aromatic carbocycles. The maximum atomic E-state index is 13.4. The van der Waals surface area contributed by atoms with Gasteiger partial charge in [-0.15, -0.1) is 0 Å². The van der Waals surface area contributed by atoms with Gasteiger partial charge in [0, 0.05) is 19.2 Å². The Balaban J connectivity index is 1.87. The minimum atomic E-state index is -4.61. The summed E-state index contributed by atoms with van der Waals surface area (Å²) in [4.78, 5) is 1.99. The molecule has 1 N–H and O–H groups in total. The molecular formula is C22H27F3N2O3S. The summed E-state index contributed by atoms with van der Waals surface area (Å²) in [5.74, 6) is -0.379. The predicted octanol–water partition coefficient (Wildman–Crippen LogP) is 4.89. The first-order valence-corrected chi connectivity index (χ1v) is 11.4. The van der Waals surface area contributed by atoms with Crippen LogP contribution in [0.3, 0.4) is 0 Å². The van der Waals surface area contributed by atoms with E-state index in [1.54, 1.807) is 12.1 Å². The van der Waals surface area contributed by atoms with Crippen LogP contribution in [0, 0.1) is 0 Å². The molecule has 2 aromatic rings. The number of benzene rings is 2. The van der Waals surface area contributed by atoms with Gasteiger partial charge in [0.05, 0.1) is 16.1 Å². The first kappa shape index (κ1) is 23.4. The van der Waals surface area contributed by atoms with Crippen molar-refractivity contribution in [2.24, 2.45) is 0 Å². The van der Waals surface area contributed by atoms with Crippen molar-refractivity contribution in [3.63, 3.8) is 0 Å². The molecule has 0 unspecified atom stereocenters. The molecule has 1 atom stereocenters.